The average molecular weight is 267 g/mol. The van der Waals surface area contributed by atoms with Crippen LogP contribution < -0.4 is 10.6 Å². The molecule has 96 valence electrons. The Kier molecular flexibility index (Phi) is 4.47. The van der Waals surface area contributed by atoms with Crippen LogP contribution in [-0.2, 0) is 6.42 Å². The lowest BCUT2D eigenvalue weighted by molar-refractivity contribution is 0.241. The fraction of sp³-hybridized carbons (Fsp3) is 0.308. The molecule has 1 heterocycles. The van der Waals surface area contributed by atoms with Gasteiger partial charge in [0.05, 0.1) is 0 Å². The molecule has 0 spiro atoms. The molecule has 18 heavy (non-hydrogen) atoms. The van der Waals surface area contributed by atoms with Gasteiger partial charge in [-0.2, -0.15) is 0 Å². The third-order valence-electron chi connectivity index (χ3n) is 2.51. The molecule has 2 rings (SSSR count). The molecule has 1 aromatic heterocycles. The van der Waals surface area contributed by atoms with E-state index in [1.807, 2.05) is 30.3 Å². The van der Waals surface area contributed by atoms with Crippen molar-refractivity contribution in [3.63, 3.8) is 0 Å². The quantitative estimate of drug-likeness (QED) is 0.817. The zero-order valence-corrected chi connectivity index (χ0v) is 10.7. The molecular formula is C13H15ClN2O2. The van der Waals surface area contributed by atoms with Crippen molar-refractivity contribution in [1.82, 2.24) is 10.6 Å². The van der Waals surface area contributed by atoms with E-state index in [4.69, 9.17) is 16.0 Å². The van der Waals surface area contributed by atoms with Gasteiger partial charge >= 0.3 is 6.03 Å². The van der Waals surface area contributed by atoms with E-state index in [1.54, 1.807) is 0 Å². The van der Waals surface area contributed by atoms with Gasteiger partial charge < -0.3 is 15.1 Å². The predicted molar refractivity (Wildman–Crippen MR) is 72.0 cm³/mol. The average Bonchev–Trinajstić information content (AvgIpc) is 2.79. The molecule has 0 fully saturated rings. The van der Waals surface area contributed by atoms with E-state index >= 15 is 0 Å². The number of amides is 2. The number of benzene rings is 1. The van der Waals surface area contributed by atoms with Crippen molar-refractivity contribution in [3.8, 4) is 0 Å². The summed E-state index contributed by atoms with van der Waals surface area (Å²) in [7, 11) is 0. The number of carbonyl (C=O) groups excluding carboxylic acids is 1. The molecule has 4 nitrogen and oxygen atoms in total. The zero-order valence-electron chi connectivity index (χ0n) is 9.91. The third-order valence-corrected chi connectivity index (χ3v) is 2.70. The first-order valence-corrected chi connectivity index (χ1v) is 6.38. The van der Waals surface area contributed by atoms with Crippen LogP contribution in [0.5, 0.6) is 0 Å². The molecule has 0 aliphatic carbocycles. The highest BCUT2D eigenvalue weighted by Gasteiger charge is 2.03. The van der Waals surface area contributed by atoms with Crippen molar-refractivity contribution in [2.45, 2.75) is 6.42 Å². The monoisotopic (exact) mass is 266 g/mol. The molecule has 0 bridgehead atoms. The van der Waals surface area contributed by atoms with Crippen molar-refractivity contribution >= 4 is 28.6 Å². The lowest BCUT2D eigenvalue weighted by Crippen LogP contribution is -2.37. The minimum Gasteiger partial charge on any atom is -0.461 e. The molecule has 0 radical (unpaired) electrons. The van der Waals surface area contributed by atoms with Gasteiger partial charge in [-0.25, -0.2) is 4.79 Å². The number of hydrogen-bond acceptors (Lipinski definition) is 2. The van der Waals surface area contributed by atoms with E-state index in [9.17, 15) is 4.79 Å². The van der Waals surface area contributed by atoms with Gasteiger partial charge in [0.15, 0.2) is 0 Å². The van der Waals surface area contributed by atoms with E-state index < -0.39 is 0 Å². The van der Waals surface area contributed by atoms with Gasteiger partial charge in [0.2, 0.25) is 0 Å². The summed E-state index contributed by atoms with van der Waals surface area (Å²) in [6.07, 6.45) is 0.670. The van der Waals surface area contributed by atoms with Crippen LogP contribution >= 0.6 is 11.6 Å². The number of furan rings is 1. The maximum Gasteiger partial charge on any atom is 0.314 e. The molecule has 0 unspecified atom stereocenters. The summed E-state index contributed by atoms with van der Waals surface area (Å²) >= 11 is 5.46. The molecular weight excluding hydrogens is 252 g/mol. The number of fused-ring (bicyclic) bond motifs is 1. The van der Waals surface area contributed by atoms with Gasteiger partial charge in [-0.1, -0.05) is 18.2 Å². The molecule has 2 N–H and O–H groups in total. The summed E-state index contributed by atoms with van der Waals surface area (Å²) in [5.41, 5.74) is 0.874. The van der Waals surface area contributed by atoms with E-state index in [2.05, 4.69) is 10.6 Å². The molecule has 2 amide bonds. The Morgan fingerprint density at radius 1 is 1.22 bits per heavy atom. The lowest BCUT2D eigenvalue weighted by atomic mass is 10.2. The highest BCUT2D eigenvalue weighted by Crippen LogP contribution is 2.18. The van der Waals surface area contributed by atoms with Crippen LogP contribution in [0.3, 0.4) is 0 Å². The Hall–Kier alpha value is -1.68. The number of hydrogen-bond donors (Lipinski definition) is 2. The van der Waals surface area contributed by atoms with Crippen LogP contribution in [0.2, 0.25) is 0 Å². The molecule has 2 aromatic rings. The second kappa shape index (κ2) is 6.31. The summed E-state index contributed by atoms with van der Waals surface area (Å²) in [5.74, 6) is 1.28. The van der Waals surface area contributed by atoms with Crippen molar-refractivity contribution in [1.29, 1.82) is 0 Å². The Labute approximate surface area is 110 Å². The van der Waals surface area contributed by atoms with Gasteiger partial charge in [-0.15, -0.1) is 11.6 Å². The van der Waals surface area contributed by atoms with Crippen LogP contribution in [0.1, 0.15) is 5.76 Å². The standard InChI is InChI=1S/C13H15ClN2O2/c14-6-8-16-13(17)15-7-5-11-9-10-3-1-2-4-12(10)18-11/h1-4,9H,5-8H2,(H2,15,16,17). The first kappa shape index (κ1) is 12.8. The molecule has 5 heteroatoms. The maximum atomic E-state index is 11.3. The predicted octanol–water partition coefficient (Wildman–Crippen LogP) is 2.51. The van der Waals surface area contributed by atoms with Gasteiger partial charge in [0, 0.05) is 30.8 Å². The molecule has 0 atom stereocenters. The number of halogens is 1. The highest BCUT2D eigenvalue weighted by atomic mass is 35.5. The van der Waals surface area contributed by atoms with Crippen molar-refractivity contribution in [3.05, 3.63) is 36.1 Å². The van der Waals surface area contributed by atoms with Crippen molar-refractivity contribution in [2.75, 3.05) is 19.0 Å². The number of rotatable bonds is 5. The normalized spacial score (nSPS) is 10.5. The van der Waals surface area contributed by atoms with Crippen molar-refractivity contribution < 1.29 is 9.21 Å². The van der Waals surface area contributed by atoms with Gasteiger partial charge in [0.25, 0.3) is 0 Å². The van der Waals surface area contributed by atoms with Crippen LogP contribution in [0.15, 0.2) is 34.7 Å². The van der Waals surface area contributed by atoms with Crippen LogP contribution in [0.4, 0.5) is 4.79 Å². The van der Waals surface area contributed by atoms with E-state index in [0.29, 0.717) is 25.4 Å². The van der Waals surface area contributed by atoms with E-state index in [-0.39, 0.29) is 6.03 Å². The molecule has 0 saturated carbocycles. The highest BCUT2D eigenvalue weighted by molar-refractivity contribution is 6.18. The van der Waals surface area contributed by atoms with Crippen LogP contribution in [0.25, 0.3) is 11.0 Å². The third kappa shape index (κ3) is 3.40. The van der Waals surface area contributed by atoms with E-state index in [1.165, 1.54) is 0 Å². The SMILES string of the molecule is O=C(NCCCl)NCCc1cc2ccccc2o1. The van der Waals surface area contributed by atoms with Gasteiger partial charge in [-0.05, 0) is 12.1 Å². The summed E-state index contributed by atoms with van der Waals surface area (Å²) in [6.45, 7) is 1.01. The van der Waals surface area contributed by atoms with Gasteiger partial charge in [-0.3, -0.25) is 0 Å². The molecule has 1 aromatic carbocycles. The Balaban J connectivity index is 1.81. The Bertz CT molecular complexity index is 491. The minimum absolute atomic E-state index is 0.202. The molecule has 0 aliphatic rings. The fourth-order valence-corrected chi connectivity index (χ4v) is 1.78. The largest absolute Gasteiger partial charge is 0.461 e. The minimum atomic E-state index is -0.202. The first-order chi connectivity index (χ1) is 8.79. The summed E-state index contributed by atoms with van der Waals surface area (Å²) < 4.78 is 5.64. The van der Waals surface area contributed by atoms with E-state index in [0.717, 1.165) is 16.7 Å². The Morgan fingerprint density at radius 2 is 2.00 bits per heavy atom. The number of para-hydroxylation sites is 1. The number of alkyl halides is 1. The van der Waals surface area contributed by atoms with Crippen LogP contribution in [0, 0.1) is 0 Å². The number of urea groups is 1. The Morgan fingerprint density at radius 3 is 2.78 bits per heavy atom. The second-order valence-electron chi connectivity index (χ2n) is 3.87. The first-order valence-electron chi connectivity index (χ1n) is 5.84. The number of nitrogens with one attached hydrogen (secondary N) is 2. The summed E-state index contributed by atoms with van der Waals surface area (Å²) in [4.78, 5) is 11.3. The maximum absolute atomic E-state index is 11.3. The molecule has 0 aliphatic heterocycles. The number of carbonyl (C=O) groups is 1. The lowest BCUT2D eigenvalue weighted by Gasteiger charge is -2.04. The van der Waals surface area contributed by atoms with Gasteiger partial charge in [0.1, 0.15) is 11.3 Å². The zero-order chi connectivity index (χ0) is 12.8. The summed E-state index contributed by atoms with van der Waals surface area (Å²) in [5, 5.41) is 6.46. The second-order valence-corrected chi connectivity index (χ2v) is 4.25. The summed E-state index contributed by atoms with van der Waals surface area (Å²) in [6, 6.07) is 9.63. The molecule has 0 saturated heterocycles. The van der Waals surface area contributed by atoms with Crippen molar-refractivity contribution in [2.24, 2.45) is 0 Å². The fourth-order valence-electron chi connectivity index (χ4n) is 1.68. The van der Waals surface area contributed by atoms with Crippen LogP contribution in [-0.4, -0.2) is 25.0 Å². The topological polar surface area (TPSA) is 54.3 Å². The smallest absolute Gasteiger partial charge is 0.314 e.